The molecule has 3 N–H and O–H groups in total. The molecule has 1 amide bonds. The number of likely N-dealkylation sites (N-methyl/N-ethyl adjacent to an activating group) is 1. The molecule has 0 spiro atoms. The predicted octanol–water partition coefficient (Wildman–Crippen LogP) is 6.66. The van der Waals surface area contributed by atoms with E-state index in [4.69, 9.17) is 14.7 Å². The first-order valence-corrected chi connectivity index (χ1v) is 17.5. The number of thiazole rings is 1. The van der Waals surface area contributed by atoms with Crippen molar-refractivity contribution in [2.24, 2.45) is 0 Å². The minimum absolute atomic E-state index is 0.372. The number of ether oxygens (including phenoxy) is 1. The van der Waals surface area contributed by atoms with Gasteiger partial charge in [0.1, 0.15) is 17.2 Å². The number of morpholine rings is 1. The summed E-state index contributed by atoms with van der Waals surface area (Å²) in [5.41, 5.74) is 5.34. The monoisotopic (exact) mass is 696 g/mol. The van der Waals surface area contributed by atoms with E-state index in [1.807, 2.05) is 12.1 Å². The summed E-state index contributed by atoms with van der Waals surface area (Å²) in [6, 6.07) is 18.6. The summed E-state index contributed by atoms with van der Waals surface area (Å²) < 4.78 is 34.1. The fourth-order valence-electron chi connectivity index (χ4n) is 6.19. The van der Waals surface area contributed by atoms with Gasteiger partial charge in [-0.3, -0.25) is 9.69 Å². The number of rotatable bonds is 11. The Balaban J connectivity index is 1.15. The molecule has 0 unspecified atom stereocenters. The standard InChI is InChI=1S/C37H38F2N8O2S/c1-46-16-12-24-9-10-28(22-26(24)23-46)43-36-40-14-11-31(44-36)34-33(45-37(50-34)41-13-4-15-47-17-19-49-20-18-47)25-5-2-6-27(21-25)42-35(48)32-29(38)7-3-8-30(32)39/h2-3,5-11,14,21-22H,4,12-13,15-20,23H2,1H3,(H,41,45)(H,42,48)(H,40,43,44). The van der Waals surface area contributed by atoms with Crippen LogP contribution in [0.1, 0.15) is 27.9 Å². The molecule has 7 rings (SSSR count). The Labute approximate surface area is 293 Å². The first-order valence-electron chi connectivity index (χ1n) is 16.7. The Morgan fingerprint density at radius 2 is 1.76 bits per heavy atom. The molecule has 0 radical (unpaired) electrons. The van der Waals surface area contributed by atoms with Gasteiger partial charge in [0.15, 0.2) is 5.13 Å². The lowest BCUT2D eigenvalue weighted by molar-refractivity contribution is 0.0378. The normalized spacial score (nSPS) is 15.0. The third kappa shape index (κ3) is 7.97. The number of fused-ring (bicyclic) bond motifs is 1. The molecule has 10 nitrogen and oxygen atoms in total. The highest BCUT2D eigenvalue weighted by atomic mass is 32.1. The van der Waals surface area contributed by atoms with Crippen LogP contribution in [0.15, 0.2) is 72.9 Å². The highest BCUT2D eigenvalue weighted by molar-refractivity contribution is 7.19. The molecule has 0 atom stereocenters. The smallest absolute Gasteiger partial charge is 0.261 e. The van der Waals surface area contributed by atoms with Gasteiger partial charge in [-0.1, -0.05) is 35.6 Å². The van der Waals surface area contributed by atoms with Crippen molar-refractivity contribution in [2.45, 2.75) is 19.4 Å². The summed E-state index contributed by atoms with van der Waals surface area (Å²) in [7, 11) is 2.13. The summed E-state index contributed by atoms with van der Waals surface area (Å²) in [5.74, 6) is -2.28. The lowest BCUT2D eigenvalue weighted by Crippen LogP contribution is -2.37. The first kappa shape index (κ1) is 33.7. The number of nitrogens with one attached hydrogen (secondary N) is 3. The molecule has 4 heterocycles. The maximum atomic E-state index is 14.3. The zero-order valence-electron chi connectivity index (χ0n) is 27.7. The van der Waals surface area contributed by atoms with Crippen LogP contribution in [-0.4, -0.2) is 83.6 Å². The SMILES string of the molecule is CN1CCc2ccc(Nc3nccc(-c4sc(NCCCN5CCOCC5)nc4-c4cccc(NC(=O)c5c(F)cccc5F)c4)n3)cc2C1. The summed E-state index contributed by atoms with van der Waals surface area (Å²) >= 11 is 1.48. The van der Waals surface area contributed by atoms with E-state index in [1.165, 1.54) is 28.5 Å². The first-order chi connectivity index (χ1) is 24.4. The van der Waals surface area contributed by atoms with Gasteiger partial charge in [-0.15, -0.1) is 0 Å². The molecule has 2 aromatic heterocycles. The topological polar surface area (TPSA) is 108 Å². The van der Waals surface area contributed by atoms with E-state index in [0.29, 0.717) is 28.6 Å². The summed E-state index contributed by atoms with van der Waals surface area (Å²) in [6.07, 6.45) is 3.69. The average Bonchev–Trinajstić information content (AvgIpc) is 3.55. The van der Waals surface area contributed by atoms with Crippen molar-refractivity contribution in [3.8, 4) is 21.8 Å². The van der Waals surface area contributed by atoms with Gasteiger partial charge in [0.2, 0.25) is 5.95 Å². The van der Waals surface area contributed by atoms with Crippen molar-refractivity contribution in [1.82, 2.24) is 24.8 Å². The van der Waals surface area contributed by atoms with Crippen LogP contribution in [0.4, 0.5) is 31.2 Å². The molecule has 0 bridgehead atoms. The Morgan fingerprint density at radius 3 is 2.60 bits per heavy atom. The molecule has 258 valence electrons. The quantitative estimate of drug-likeness (QED) is 0.131. The summed E-state index contributed by atoms with van der Waals surface area (Å²) in [6.45, 7) is 7.05. The Bertz CT molecular complexity index is 1960. The van der Waals surface area contributed by atoms with Crippen LogP contribution < -0.4 is 16.0 Å². The van der Waals surface area contributed by atoms with Crippen LogP contribution in [0, 0.1) is 11.6 Å². The zero-order chi connectivity index (χ0) is 34.5. The fourth-order valence-corrected chi connectivity index (χ4v) is 7.17. The molecule has 2 aliphatic heterocycles. The number of benzene rings is 3. The van der Waals surface area contributed by atoms with Crippen molar-refractivity contribution in [2.75, 3.05) is 68.9 Å². The molecular weight excluding hydrogens is 659 g/mol. The van der Waals surface area contributed by atoms with Gasteiger partial charge in [-0.25, -0.2) is 23.7 Å². The van der Waals surface area contributed by atoms with Gasteiger partial charge in [0.05, 0.1) is 29.5 Å². The minimum atomic E-state index is -0.930. The molecule has 0 saturated carbocycles. The van der Waals surface area contributed by atoms with Gasteiger partial charge < -0.3 is 25.6 Å². The van der Waals surface area contributed by atoms with Crippen molar-refractivity contribution in [3.05, 3.63) is 101 Å². The Hall–Kier alpha value is -4.82. The second kappa shape index (κ2) is 15.4. The van der Waals surface area contributed by atoms with E-state index in [0.717, 1.165) is 93.2 Å². The van der Waals surface area contributed by atoms with E-state index >= 15 is 0 Å². The largest absolute Gasteiger partial charge is 0.379 e. The van der Waals surface area contributed by atoms with E-state index in [1.54, 1.807) is 24.4 Å². The highest BCUT2D eigenvalue weighted by Crippen LogP contribution is 2.39. The maximum absolute atomic E-state index is 14.3. The lowest BCUT2D eigenvalue weighted by Gasteiger charge is -2.26. The average molecular weight is 697 g/mol. The number of hydrogen-bond acceptors (Lipinski definition) is 10. The number of hydrogen-bond donors (Lipinski definition) is 3. The minimum Gasteiger partial charge on any atom is -0.379 e. The lowest BCUT2D eigenvalue weighted by atomic mass is 9.99. The molecule has 0 aliphatic carbocycles. The molecule has 1 fully saturated rings. The van der Waals surface area contributed by atoms with Crippen molar-refractivity contribution in [1.29, 1.82) is 0 Å². The fraction of sp³-hybridized carbons (Fsp3) is 0.297. The highest BCUT2D eigenvalue weighted by Gasteiger charge is 2.21. The molecule has 2 aliphatic rings. The third-order valence-corrected chi connectivity index (χ3v) is 9.83. The third-order valence-electron chi connectivity index (χ3n) is 8.80. The van der Waals surface area contributed by atoms with Crippen molar-refractivity contribution >= 4 is 39.7 Å². The molecule has 13 heteroatoms. The molecule has 5 aromatic rings. The van der Waals surface area contributed by atoms with Crippen molar-refractivity contribution < 1.29 is 18.3 Å². The van der Waals surface area contributed by atoms with E-state index < -0.39 is 23.1 Å². The number of carbonyl (C=O) groups excluding carboxylic acids is 1. The number of halogens is 2. The van der Waals surface area contributed by atoms with Crippen LogP contribution in [0.3, 0.4) is 0 Å². The number of nitrogens with zero attached hydrogens (tertiary/aromatic N) is 5. The Kier molecular flexibility index (Phi) is 10.4. The van der Waals surface area contributed by atoms with Crippen LogP contribution in [-0.2, 0) is 17.7 Å². The van der Waals surface area contributed by atoms with Crippen LogP contribution >= 0.6 is 11.3 Å². The van der Waals surface area contributed by atoms with E-state index in [-0.39, 0.29) is 0 Å². The maximum Gasteiger partial charge on any atom is 0.261 e. The van der Waals surface area contributed by atoms with Crippen molar-refractivity contribution in [3.63, 3.8) is 0 Å². The van der Waals surface area contributed by atoms with Crippen LogP contribution in [0.2, 0.25) is 0 Å². The Morgan fingerprint density at radius 1 is 0.940 bits per heavy atom. The summed E-state index contributed by atoms with van der Waals surface area (Å²) in [4.78, 5) is 32.8. The number of carbonyl (C=O) groups is 1. The zero-order valence-corrected chi connectivity index (χ0v) is 28.5. The number of amides is 1. The van der Waals surface area contributed by atoms with Gasteiger partial charge in [0, 0.05) is 55.9 Å². The molecule has 50 heavy (non-hydrogen) atoms. The second-order valence-corrected chi connectivity index (χ2v) is 13.4. The van der Waals surface area contributed by atoms with E-state index in [2.05, 4.69) is 56.0 Å². The van der Waals surface area contributed by atoms with Gasteiger partial charge in [-0.2, -0.15) is 0 Å². The molecule has 1 saturated heterocycles. The van der Waals surface area contributed by atoms with Gasteiger partial charge >= 0.3 is 0 Å². The molecule has 3 aromatic carbocycles. The predicted molar refractivity (Wildman–Crippen MR) is 193 cm³/mol. The number of anilines is 4. The van der Waals surface area contributed by atoms with E-state index in [9.17, 15) is 13.6 Å². The van der Waals surface area contributed by atoms with Gasteiger partial charge in [-0.05, 0) is 80.0 Å². The van der Waals surface area contributed by atoms with Gasteiger partial charge in [0.25, 0.3) is 5.91 Å². The second-order valence-electron chi connectivity index (χ2n) is 12.4. The van der Waals surface area contributed by atoms with Crippen LogP contribution in [0.25, 0.3) is 21.8 Å². The number of aromatic nitrogens is 3. The van der Waals surface area contributed by atoms with Crippen LogP contribution in [0.5, 0.6) is 0 Å². The summed E-state index contributed by atoms with van der Waals surface area (Å²) in [5, 5.41) is 10.2. The molecular formula is C37H38F2N8O2S.